The van der Waals surface area contributed by atoms with Crippen LogP contribution < -0.4 is 15.5 Å². The van der Waals surface area contributed by atoms with E-state index < -0.39 is 9.84 Å². The lowest BCUT2D eigenvalue weighted by Crippen LogP contribution is -2.36. The Balaban J connectivity index is 1.22. The van der Waals surface area contributed by atoms with E-state index in [1.807, 2.05) is 78.9 Å². The maximum Gasteiger partial charge on any atom is 0.148 e. The van der Waals surface area contributed by atoms with Crippen molar-refractivity contribution in [2.45, 2.75) is 26.0 Å². The highest BCUT2D eigenvalue weighted by atomic mass is 32.2. The molecule has 1 aliphatic rings. The molecule has 0 amide bonds. The minimum absolute atomic E-state index is 0.201. The molecule has 38 heavy (non-hydrogen) atoms. The second kappa shape index (κ2) is 13.4. The second-order valence-electron chi connectivity index (χ2n) is 9.50. The minimum Gasteiger partial charge on any atom is -0.489 e. The summed E-state index contributed by atoms with van der Waals surface area (Å²) in [6, 6.07) is 18.0. The van der Waals surface area contributed by atoms with Crippen molar-refractivity contribution in [2.24, 2.45) is 0 Å². The summed E-state index contributed by atoms with van der Waals surface area (Å²) in [6.45, 7) is 3.45. The van der Waals surface area contributed by atoms with E-state index >= 15 is 0 Å². The van der Waals surface area contributed by atoms with Crippen molar-refractivity contribution in [1.82, 2.24) is 25.3 Å². The molecular formula is C28H36N6O3S. The predicted octanol–water partition coefficient (Wildman–Crippen LogP) is 3.85. The van der Waals surface area contributed by atoms with Crippen LogP contribution in [0.4, 0.5) is 11.5 Å². The molecule has 2 aromatic carbocycles. The molecule has 202 valence electrons. The Morgan fingerprint density at radius 2 is 1.82 bits per heavy atom. The third kappa shape index (κ3) is 8.83. The van der Waals surface area contributed by atoms with Gasteiger partial charge in [-0.2, -0.15) is 0 Å². The number of aromatic nitrogens is 2. The maximum atomic E-state index is 11.3. The van der Waals surface area contributed by atoms with Crippen LogP contribution in [0.5, 0.6) is 5.75 Å². The lowest BCUT2D eigenvalue weighted by atomic mass is 10.1. The van der Waals surface area contributed by atoms with Gasteiger partial charge in [0.1, 0.15) is 34.3 Å². The summed E-state index contributed by atoms with van der Waals surface area (Å²) in [7, 11) is -0.955. The molecule has 0 fully saturated rings. The molecule has 1 aromatic heterocycles. The Labute approximate surface area is 225 Å². The lowest BCUT2D eigenvalue weighted by molar-refractivity contribution is 0.250. The fourth-order valence-electron chi connectivity index (χ4n) is 3.99. The molecule has 2 N–H and O–H groups in total. The first kappa shape index (κ1) is 27.6. The van der Waals surface area contributed by atoms with Crippen LogP contribution in [0.25, 0.3) is 6.08 Å². The van der Waals surface area contributed by atoms with Crippen LogP contribution in [-0.2, 0) is 23.0 Å². The lowest BCUT2D eigenvalue weighted by Gasteiger charge is -2.26. The average Bonchev–Trinajstić information content (AvgIpc) is 2.91. The van der Waals surface area contributed by atoms with Crippen molar-refractivity contribution in [3.05, 3.63) is 83.9 Å². The van der Waals surface area contributed by atoms with E-state index in [0.29, 0.717) is 19.7 Å². The summed E-state index contributed by atoms with van der Waals surface area (Å²) in [6.07, 6.45) is 8.87. The number of hydrazine groups is 1. The Hall–Kier alpha value is -3.47. The molecule has 1 aliphatic heterocycles. The number of hydrogen-bond donors (Lipinski definition) is 2. The standard InChI is InChI=1S/C28H36N6O3S/c1-33(18-19-38(2,35)36)16-7-6-15-31-34-17-14-26-27(20-34)29-22-30-28(26)32-24-10-12-25(13-11-24)37-21-23-8-4-3-5-9-23/h3-5,8-14,17,22,31H,6-7,15-16,18-21H2,1-2H3,(H,29,30,32). The molecule has 0 saturated carbocycles. The van der Waals surface area contributed by atoms with Gasteiger partial charge in [0.15, 0.2) is 0 Å². The van der Waals surface area contributed by atoms with Gasteiger partial charge < -0.3 is 20.0 Å². The van der Waals surface area contributed by atoms with Gasteiger partial charge in [-0.05, 0) is 62.3 Å². The Morgan fingerprint density at radius 1 is 1.03 bits per heavy atom. The summed E-state index contributed by atoms with van der Waals surface area (Å²) < 4.78 is 28.5. The first-order chi connectivity index (χ1) is 18.4. The van der Waals surface area contributed by atoms with Gasteiger partial charge in [0, 0.05) is 36.8 Å². The number of fused-ring (bicyclic) bond motifs is 1. The number of anilines is 2. The molecule has 0 aliphatic carbocycles. The molecule has 10 heteroatoms. The Morgan fingerprint density at radius 3 is 2.58 bits per heavy atom. The second-order valence-corrected chi connectivity index (χ2v) is 11.8. The van der Waals surface area contributed by atoms with Gasteiger partial charge in [0.25, 0.3) is 0 Å². The van der Waals surface area contributed by atoms with Crippen LogP contribution >= 0.6 is 0 Å². The maximum absolute atomic E-state index is 11.3. The Bertz CT molecular complexity index is 1300. The molecule has 0 radical (unpaired) electrons. The molecular weight excluding hydrogens is 500 g/mol. The quantitative estimate of drug-likeness (QED) is 0.298. The number of unbranched alkanes of at least 4 members (excludes halogenated alkanes) is 1. The minimum atomic E-state index is -2.92. The largest absolute Gasteiger partial charge is 0.489 e. The SMILES string of the molecule is CN(CCCCNN1C=Cc2c(ncnc2Nc2ccc(OCc3ccccc3)cc2)C1)CCS(C)(=O)=O. The van der Waals surface area contributed by atoms with Crippen LogP contribution in [0.1, 0.15) is 29.7 Å². The van der Waals surface area contributed by atoms with Crippen molar-refractivity contribution in [1.29, 1.82) is 0 Å². The zero-order valence-electron chi connectivity index (χ0n) is 22.0. The van der Waals surface area contributed by atoms with E-state index in [9.17, 15) is 8.42 Å². The predicted molar refractivity (Wildman–Crippen MR) is 152 cm³/mol. The first-order valence-corrected chi connectivity index (χ1v) is 14.8. The zero-order valence-corrected chi connectivity index (χ0v) is 22.8. The van der Waals surface area contributed by atoms with E-state index in [0.717, 1.165) is 60.0 Å². The van der Waals surface area contributed by atoms with Gasteiger partial charge in [0.2, 0.25) is 0 Å². The normalized spacial score (nSPS) is 13.0. The van der Waals surface area contributed by atoms with Gasteiger partial charge in [0.05, 0.1) is 18.0 Å². The molecule has 0 saturated heterocycles. The molecule has 0 atom stereocenters. The van der Waals surface area contributed by atoms with Gasteiger partial charge in [-0.3, -0.25) is 0 Å². The number of rotatable bonds is 14. The molecule has 0 spiro atoms. The molecule has 0 unspecified atom stereocenters. The van der Waals surface area contributed by atoms with Gasteiger partial charge >= 0.3 is 0 Å². The summed E-state index contributed by atoms with van der Waals surface area (Å²) in [5.41, 5.74) is 7.40. The number of sulfone groups is 1. The molecule has 2 heterocycles. The highest BCUT2D eigenvalue weighted by Gasteiger charge is 2.16. The number of hydrogen-bond acceptors (Lipinski definition) is 9. The van der Waals surface area contributed by atoms with Crippen LogP contribution in [0, 0.1) is 0 Å². The fourth-order valence-corrected chi connectivity index (χ4v) is 4.64. The van der Waals surface area contributed by atoms with Crippen molar-refractivity contribution in [2.75, 3.05) is 44.0 Å². The van der Waals surface area contributed by atoms with E-state index in [1.54, 1.807) is 6.33 Å². The summed E-state index contributed by atoms with van der Waals surface area (Å²) in [4.78, 5) is 11.0. The highest BCUT2D eigenvalue weighted by Crippen LogP contribution is 2.26. The van der Waals surface area contributed by atoms with Crippen LogP contribution in [0.15, 0.2) is 67.1 Å². The number of ether oxygens (including phenoxy) is 1. The van der Waals surface area contributed by atoms with E-state index in [4.69, 9.17) is 4.74 Å². The fraction of sp³-hybridized carbons (Fsp3) is 0.357. The van der Waals surface area contributed by atoms with Crippen molar-refractivity contribution in [3.8, 4) is 5.75 Å². The summed E-state index contributed by atoms with van der Waals surface area (Å²) in [5, 5.41) is 5.43. The van der Waals surface area contributed by atoms with Gasteiger partial charge in [-0.1, -0.05) is 30.3 Å². The number of nitrogens with one attached hydrogen (secondary N) is 2. The molecule has 0 bridgehead atoms. The summed E-state index contributed by atoms with van der Waals surface area (Å²) in [5.74, 6) is 1.78. The number of nitrogens with zero attached hydrogens (tertiary/aromatic N) is 4. The van der Waals surface area contributed by atoms with E-state index in [1.165, 1.54) is 6.26 Å². The van der Waals surface area contributed by atoms with Gasteiger partial charge in [-0.25, -0.2) is 23.8 Å². The average molecular weight is 537 g/mol. The topological polar surface area (TPSA) is 99.7 Å². The number of benzene rings is 2. The Kier molecular flexibility index (Phi) is 9.69. The zero-order chi connectivity index (χ0) is 26.8. The van der Waals surface area contributed by atoms with Crippen LogP contribution in [-0.4, -0.2) is 67.0 Å². The monoisotopic (exact) mass is 536 g/mol. The van der Waals surface area contributed by atoms with Crippen molar-refractivity contribution in [3.63, 3.8) is 0 Å². The summed E-state index contributed by atoms with van der Waals surface area (Å²) >= 11 is 0. The smallest absolute Gasteiger partial charge is 0.148 e. The highest BCUT2D eigenvalue weighted by molar-refractivity contribution is 7.90. The van der Waals surface area contributed by atoms with Crippen molar-refractivity contribution < 1.29 is 13.2 Å². The molecule has 9 nitrogen and oxygen atoms in total. The molecule has 4 rings (SSSR count). The van der Waals surface area contributed by atoms with E-state index in [-0.39, 0.29) is 5.75 Å². The molecule has 3 aromatic rings. The third-order valence-electron chi connectivity index (χ3n) is 6.20. The van der Waals surface area contributed by atoms with Crippen molar-refractivity contribution >= 4 is 27.4 Å². The van der Waals surface area contributed by atoms with Gasteiger partial charge in [-0.15, -0.1) is 0 Å². The van der Waals surface area contributed by atoms with Crippen LogP contribution in [0.2, 0.25) is 0 Å². The third-order valence-corrected chi connectivity index (χ3v) is 7.12. The van der Waals surface area contributed by atoms with Crippen LogP contribution in [0.3, 0.4) is 0 Å². The first-order valence-electron chi connectivity index (χ1n) is 12.8. The van der Waals surface area contributed by atoms with E-state index in [2.05, 4.69) is 25.6 Å².